The molecule has 6 heteroatoms. The average molecular weight is 348 g/mol. The number of amides is 2. The highest BCUT2D eigenvalue weighted by atomic mass is 16.6. The summed E-state index contributed by atoms with van der Waals surface area (Å²) < 4.78 is 5.27. The van der Waals surface area contributed by atoms with E-state index in [-0.39, 0.29) is 12.5 Å². The number of nitrogens with zero attached hydrogens (tertiary/aromatic N) is 2. The minimum atomic E-state index is -0.960. The van der Waals surface area contributed by atoms with Crippen LogP contribution in [0.15, 0.2) is 24.3 Å². The van der Waals surface area contributed by atoms with Gasteiger partial charge >= 0.3 is 6.09 Å². The van der Waals surface area contributed by atoms with Gasteiger partial charge in [-0.05, 0) is 38.8 Å². The molecular formula is C19H28N2O4. The number of anilines is 1. The van der Waals surface area contributed by atoms with Crippen molar-refractivity contribution in [1.82, 2.24) is 4.90 Å². The largest absolute Gasteiger partial charge is 0.444 e. The summed E-state index contributed by atoms with van der Waals surface area (Å²) in [5.74, 6) is -0.744. The van der Waals surface area contributed by atoms with Gasteiger partial charge in [0.05, 0.1) is 18.6 Å². The van der Waals surface area contributed by atoms with Gasteiger partial charge in [0, 0.05) is 19.3 Å². The summed E-state index contributed by atoms with van der Waals surface area (Å²) >= 11 is 0. The number of para-hydroxylation sites is 1. The molecule has 1 N–H and O–H groups in total. The Morgan fingerprint density at radius 1 is 1.32 bits per heavy atom. The number of hydrogen-bond acceptors (Lipinski definition) is 4. The first-order valence-electron chi connectivity index (χ1n) is 8.61. The second-order valence-electron chi connectivity index (χ2n) is 7.59. The third-order valence-corrected chi connectivity index (χ3v) is 4.29. The lowest BCUT2D eigenvalue weighted by molar-refractivity contribution is -0.125. The quantitative estimate of drug-likeness (QED) is 0.907. The number of benzene rings is 1. The molecule has 0 spiro atoms. The smallest absolute Gasteiger partial charge is 0.410 e. The van der Waals surface area contributed by atoms with Gasteiger partial charge in [-0.3, -0.25) is 4.79 Å². The van der Waals surface area contributed by atoms with Gasteiger partial charge in [-0.1, -0.05) is 25.1 Å². The Hall–Kier alpha value is -2.08. The van der Waals surface area contributed by atoms with Crippen molar-refractivity contribution in [1.29, 1.82) is 0 Å². The molecule has 0 saturated carbocycles. The van der Waals surface area contributed by atoms with Crippen molar-refractivity contribution in [2.24, 2.45) is 5.92 Å². The molecule has 138 valence electrons. The average Bonchev–Trinajstić information content (AvgIpc) is 2.95. The molecule has 6 nitrogen and oxygen atoms in total. The summed E-state index contributed by atoms with van der Waals surface area (Å²) in [6, 6.07) is 7.80. The van der Waals surface area contributed by atoms with E-state index in [0.717, 1.165) is 17.7 Å². The minimum Gasteiger partial charge on any atom is -0.444 e. The SMILES string of the molecule is CC(C(=O)N1CCc2ccccc21)C(O)CN(C)C(=O)OC(C)(C)C. The van der Waals surface area contributed by atoms with E-state index in [1.165, 1.54) is 4.90 Å². The fraction of sp³-hybridized carbons (Fsp3) is 0.579. The predicted molar refractivity (Wildman–Crippen MR) is 96.5 cm³/mol. The van der Waals surface area contributed by atoms with E-state index in [1.54, 1.807) is 39.6 Å². The van der Waals surface area contributed by atoms with Crippen LogP contribution in [0.3, 0.4) is 0 Å². The molecule has 0 aromatic heterocycles. The topological polar surface area (TPSA) is 70.1 Å². The van der Waals surface area contributed by atoms with E-state index in [9.17, 15) is 14.7 Å². The number of carbonyl (C=O) groups excluding carboxylic acids is 2. The van der Waals surface area contributed by atoms with Crippen LogP contribution in [0.5, 0.6) is 0 Å². The van der Waals surface area contributed by atoms with Crippen molar-refractivity contribution in [3.63, 3.8) is 0 Å². The Morgan fingerprint density at radius 3 is 2.60 bits per heavy atom. The summed E-state index contributed by atoms with van der Waals surface area (Å²) in [7, 11) is 1.56. The summed E-state index contributed by atoms with van der Waals surface area (Å²) in [5.41, 5.74) is 1.45. The molecule has 1 aliphatic heterocycles. The van der Waals surface area contributed by atoms with Crippen molar-refractivity contribution >= 4 is 17.7 Å². The second kappa shape index (κ2) is 7.44. The summed E-state index contributed by atoms with van der Waals surface area (Å²) in [5, 5.41) is 10.4. The van der Waals surface area contributed by atoms with E-state index < -0.39 is 23.7 Å². The normalized spacial score (nSPS) is 16.2. The molecule has 0 aliphatic carbocycles. The van der Waals surface area contributed by atoms with Gasteiger partial charge in [0.15, 0.2) is 0 Å². The first-order valence-corrected chi connectivity index (χ1v) is 8.61. The summed E-state index contributed by atoms with van der Waals surface area (Å²) in [6.45, 7) is 7.70. The van der Waals surface area contributed by atoms with Crippen LogP contribution in [0, 0.1) is 5.92 Å². The van der Waals surface area contributed by atoms with Crippen molar-refractivity contribution < 1.29 is 19.4 Å². The van der Waals surface area contributed by atoms with Crippen molar-refractivity contribution in [3.05, 3.63) is 29.8 Å². The number of likely N-dealkylation sites (N-methyl/N-ethyl adjacent to an activating group) is 1. The zero-order valence-corrected chi connectivity index (χ0v) is 15.7. The van der Waals surface area contributed by atoms with Crippen molar-refractivity contribution in [2.75, 3.05) is 25.0 Å². The lowest BCUT2D eigenvalue weighted by Gasteiger charge is -2.29. The number of aliphatic hydroxyl groups excluding tert-OH is 1. The third-order valence-electron chi connectivity index (χ3n) is 4.29. The predicted octanol–water partition coefficient (Wildman–Crippen LogP) is 2.44. The van der Waals surface area contributed by atoms with Crippen LogP contribution in [0.2, 0.25) is 0 Å². The first kappa shape index (κ1) is 19.2. The Balaban J connectivity index is 1.97. The Bertz CT molecular complexity index is 639. The molecule has 1 heterocycles. The molecule has 1 aromatic carbocycles. The highest BCUT2D eigenvalue weighted by Crippen LogP contribution is 2.29. The van der Waals surface area contributed by atoms with Crippen molar-refractivity contribution in [3.8, 4) is 0 Å². The molecule has 25 heavy (non-hydrogen) atoms. The third kappa shape index (κ3) is 4.72. The van der Waals surface area contributed by atoms with Gasteiger partial charge in [0.1, 0.15) is 5.60 Å². The molecule has 0 fully saturated rings. The van der Waals surface area contributed by atoms with Gasteiger partial charge in [-0.2, -0.15) is 0 Å². The number of carbonyl (C=O) groups is 2. The molecule has 0 saturated heterocycles. The maximum Gasteiger partial charge on any atom is 0.410 e. The van der Waals surface area contributed by atoms with Crippen molar-refractivity contribution in [2.45, 2.75) is 45.8 Å². The zero-order valence-electron chi connectivity index (χ0n) is 15.7. The van der Waals surface area contributed by atoms with Gasteiger partial charge in [0.2, 0.25) is 5.91 Å². The van der Waals surface area contributed by atoms with E-state index in [4.69, 9.17) is 4.74 Å². The van der Waals surface area contributed by atoms with Crippen LogP contribution in [0.4, 0.5) is 10.5 Å². The van der Waals surface area contributed by atoms with Gasteiger partial charge < -0.3 is 19.6 Å². The lowest BCUT2D eigenvalue weighted by atomic mass is 10.0. The van der Waals surface area contributed by atoms with E-state index in [2.05, 4.69) is 0 Å². The first-order chi connectivity index (χ1) is 11.6. The van der Waals surface area contributed by atoms with Crippen LogP contribution in [0.25, 0.3) is 0 Å². The Labute approximate surface area is 149 Å². The number of hydrogen-bond donors (Lipinski definition) is 1. The number of ether oxygens (including phenoxy) is 1. The molecule has 2 amide bonds. The highest BCUT2D eigenvalue weighted by Gasteiger charge is 2.32. The molecule has 0 bridgehead atoms. The fourth-order valence-electron chi connectivity index (χ4n) is 2.83. The zero-order chi connectivity index (χ0) is 18.8. The van der Waals surface area contributed by atoms with E-state index >= 15 is 0 Å². The van der Waals surface area contributed by atoms with Gasteiger partial charge in [-0.15, -0.1) is 0 Å². The van der Waals surface area contributed by atoms with E-state index in [1.807, 2.05) is 24.3 Å². The summed E-state index contributed by atoms with van der Waals surface area (Å²) in [4.78, 5) is 27.8. The van der Waals surface area contributed by atoms with Gasteiger partial charge in [0.25, 0.3) is 0 Å². The highest BCUT2D eigenvalue weighted by molar-refractivity contribution is 5.97. The molecular weight excluding hydrogens is 320 g/mol. The Kier molecular flexibility index (Phi) is 5.72. The molecule has 1 aliphatic rings. The fourth-order valence-corrected chi connectivity index (χ4v) is 2.83. The number of rotatable bonds is 4. The molecule has 1 aromatic rings. The molecule has 0 radical (unpaired) electrons. The van der Waals surface area contributed by atoms with E-state index in [0.29, 0.717) is 6.54 Å². The number of aliphatic hydroxyl groups is 1. The monoisotopic (exact) mass is 348 g/mol. The maximum atomic E-state index is 12.8. The molecule has 2 unspecified atom stereocenters. The van der Waals surface area contributed by atoms with Crippen LogP contribution in [-0.4, -0.2) is 53.8 Å². The van der Waals surface area contributed by atoms with Crippen LogP contribution < -0.4 is 4.90 Å². The summed E-state index contributed by atoms with van der Waals surface area (Å²) in [6.07, 6.45) is -0.654. The number of fused-ring (bicyclic) bond motifs is 1. The Morgan fingerprint density at radius 2 is 1.96 bits per heavy atom. The minimum absolute atomic E-state index is 0.0390. The van der Waals surface area contributed by atoms with Crippen LogP contribution in [-0.2, 0) is 16.0 Å². The molecule has 2 rings (SSSR count). The second-order valence-corrected chi connectivity index (χ2v) is 7.59. The molecule has 2 atom stereocenters. The van der Waals surface area contributed by atoms with Gasteiger partial charge in [-0.25, -0.2) is 4.79 Å². The van der Waals surface area contributed by atoms with Crippen LogP contribution in [0.1, 0.15) is 33.3 Å². The van der Waals surface area contributed by atoms with Crippen LogP contribution >= 0.6 is 0 Å². The standard InChI is InChI=1S/C19H28N2O4/c1-13(16(22)12-20(5)18(24)25-19(2,3)4)17(23)21-11-10-14-8-6-7-9-15(14)21/h6-9,13,16,22H,10-12H2,1-5H3. The lowest BCUT2D eigenvalue weighted by Crippen LogP contribution is -2.45. The maximum absolute atomic E-state index is 12.8.